The Balaban J connectivity index is 1.45. The van der Waals surface area contributed by atoms with E-state index in [1.54, 1.807) is 13.2 Å². The van der Waals surface area contributed by atoms with Crippen molar-refractivity contribution in [1.82, 2.24) is 15.3 Å². The molecule has 8 heteroatoms. The normalized spacial score (nSPS) is 13.3. The van der Waals surface area contributed by atoms with Gasteiger partial charge in [-0.15, -0.1) is 0 Å². The molecule has 1 aliphatic heterocycles. The van der Waals surface area contributed by atoms with E-state index in [-0.39, 0.29) is 6.03 Å². The van der Waals surface area contributed by atoms with Gasteiger partial charge in [0, 0.05) is 44.0 Å². The van der Waals surface area contributed by atoms with Crippen molar-refractivity contribution in [2.45, 2.75) is 19.8 Å². The number of carbonyl (C=O) groups excluding carboxylic acids is 1. The van der Waals surface area contributed by atoms with Crippen LogP contribution in [-0.2, 0) is 0 Å². The fourth-order valence-electron chi connectivity index (χ4n) is 2.99. The van der Waals surface area contributed by atoms with Crippen LogP contribution in [0, 0.1) is 6.92 Å². The first-order valence-corrected chi connectivity index (χ1v) is 9.17. The number of methoxy groups -OCH3 is 1. The van der Waals surface area contributed by atoms with Gasteiger partial charge < -0.3 is 25.6 Å². The maximum absolute atomic E-state index is 12.0. The number of rotatable bonds is 7. The minimum atomic E-state index is -0.262. The number of amides is 2. The predicted octanol–water partition coefficient (Wildman–Crippen LogP) is 2.63. The molecule has 1 aliphatic rings. The lowest BCUT2D eigenvalue weighted by molar-refractivity contribution is 0.252. The van der Waals surface area contributed by atoms with Crippen LogP contribution in [0.1, 0.15) is 18.7 Å². The number of aryl methyl sites for hydroxylation is 1. The molecule has 3 rings (SSSR count). The molecule has 1 saturated heterocycles. The second kappa shape index (κ2) is 9.07. The Morgan fingerprint density at radius 1 is 1.19 bits per heavy atom. The van der Waals surface area contributed by atoms with Crippen LogP contribution >= 0.6 is 0 Å². The average molecular weight is 370 g/mol. The van der Waals surface area contributed by atoms with Gasteiger partial charge in [-0.1, -0.05) is 6.07 Å². The lowest BCUT2D eigenvalue weighted by Gasteiger charge is -2.18. The Hall–Kier alpha value is -3.03. The second-order valence-corrected chi connectivity index (χ2v) is 6.39. The van der Waals surface area contributed by atoms with Crippen LogP contribution in [0.25, 0.3) is 0 Å². The van der Waals surface area contributed by atoms with Crippen molar-refractivity contribution in [1.29, 1.82) is 0 Å². The predicted molar refractivity (Wildman–Crippen MR) is 107 cm³/mol. The van der Waals surface area contributed by atoms with Crippen LogP contribution in [0.4, 0.5) is 22.1 Å². The number of hydrogen-bond donors (Lipinski definition) is 3. The van der Waals surface area contributed by atoms with Crippen molar-refractivity contribution < 1.29 is 9.53 Å². The molecule has 27 heavy (non-hydrogen) atoms. The van der Waals surface area contributed by atoms with Crippen molar-refractivity contribution in [2.24, 2.45) is 0 Å². The molecule has 0 radical (unpaired) electrons. The van der Waals surface area contributed by atoms with Crippen LogP contribution in [0.2, 0.25) is 0 Å². The van der Waals surface area contributed by atoms with E-state index >= 15 is 0 Å². The van der Waals surface area contributed by atoms with E-state index in [9.17, 15) is 4.79 Å². The monoisotopic (exact) mass is 370 g/mol. The van der Waals surface area contributed by atoms with Crippen molar-refractivity contribution in [3.8, 4) is 5.75 Å². The molecule has 0 atom stereocenters. The molecule has 0 bridgehead atoms. The summed E-state index contributed by atoms with van der Waals surface area (Å²) in [6.07, 6.45) is 2.41. The van der Waals surface area contributed by atoms with Gasteiger partial charge in [0.15, 0.2) is 0 Å². The van der Waals surface area contributed by atoms with Gasteiger partial charge in [-0.05, 0) is 31.9 Å². The van der Waals surface area contributed by atoms with E-state index in [0.717, 1.165) is 30.5 Å². The summed E-state index contributed by atoms with van der Waals surface area (Å²) in [5.41, 5.74) is 0.682. The summed E-state index contributed by atoms with van der Waals surface area (Å²) in [6.45, 7) is 5.02. The quantitative estimate of drug-likeness (QED) is 0.649. The molecule has 1 fully saturated rings. The van der Waals surface area contributed by atoms with E-state index in [4.69, 9.17) is 4.74 Å². The zero-order chi connectivity index (χ0) is 19.1. The molecule has 2 heterocycles. The molecule has 2 amide bonds. The molecule has 0 aliphatic carbocycles. The van der Waals surface area contributed by atoms with Gasteiger partial charge in [0.05, 0.1) is 7.11 Å². The smallest absolute Gasteiger partial charge is 0.319 e. The third-order valence-corrected chi connectivity index (χ3v) is 4.30. The molecule has 3 N–H and O–H groups in total. The van der Waals surface area contributed by atoms with Gasteiger partial charge in [0.1, 0.15) is 23.2 Å². The molecule has 8 nitrogen and oxygen atoms in total. The maximum Gasteiger partial charge on any atom is 0.319 e. The number of ether oxygens (including phenoxy) is 1. The lowest BCUT2D eigenvalue weighted by atomic mass is 10.3. The van der Waals surface area contributed by atoms with E-state index in [2.05, 4.69) is 30.8 Å². The summed E-state index contributed by atoms with van der Waals surface area (Å²) in [5, 5.41) is 8.84. The summed E-state index contributed by atoms with van der Waals surface area (Å²) >= 11 is 0. The van der Waals surface area contributed by atoms with E-state index in [0.29, 0.717) is 24.5 Å². The standard InChI is InChI=1S/C19H26N6O2/c1-14-22-17(13-18(23-14)25-10-3-4-11-25)20-8-9-21-19(26)24-15-6-5-7-16(12-15)27-2/h5-7,12-13H,3-4,8-11H2,1-2H3,(H,20,22,23)(H2,21,24,26). The summed E-state index contributed by atoms with van der Waals surface area (Å²) in [4.78, 5) is 23.2. The number of carbonyl (C=O) groups is 1. The third-order valence-electron chi connectivity index (χ3n) is 4.30. The minimum Gasteiger partial charge on any atom is -0.497 e. The molecule has 1 aromatic heterocycles. The van der Waals surface area contributed by atoms with Crippen molar-refractivity contribution >= 4 is 23.4 Å². The Morgan fingerprint density at radius 2 is 2.00 bits per heavy atom. The van der Waals surface area contributed by atoms with Gasteiger partial charge in [-0.3, -0.25) is 0 Å². The molecule has 0 saturated carbocycles. The Labute approximate surface area is 159 Å². The molecule has 0 spiro atoms. The number of nitrogens with one attached hydrogen (secondary N) is 3. The summed E-state index contributed by atoms with van der Waals surface area (Å²) in [6, 6.07) is 8.93. The lowest BCUT2D eigenvalue weighted by Crippen LogP contribution is -2.32. The van der Waals surface area contributed by atoms with Gasteiger partial charge in [0.2, 0.25) is 0 Å². The van der Waals surface area contributed by atoms with E-state index < -0.39 is 0 Å². The van der Waals surface area contributed by atoms with Crippen LogP contribution in [0.15, 0.2) is 30.3 Å². The van der Waals surface area contributed by atoms with E-state index in [1.807, 2.05) is 31.2 Å². The molecular formula is C19H26N6O2. The number of urea groups is 1. The van der Waals surface area contributed by atoms with Crippen LogP contribution < -0.4 is 25.6 Å². The highest BCUT2D eigenvalue weighted by Crippen LogP contribution is 2.20. The molecule has 144 valence electrons. The number of nitrogens with zero attached hydrogens (tertiary/aromatic N) is 3. The first kappa shape index (κ1) is 18.8. The summed E-state index contributed by atoms with van der Waals surface area (Å²) < 4.78 is 5.14. The fourth-order valence-corrected chi connectivity index (χ4v) is 2.99. The average Bonchev–Trinajstić information content (AvgIpc) is 3.20. The van der Waals surface area contributed by atoms with Gasteiger partial charge in [-0.2, -0.15) is 0 Å². The second-order valence-electron chi connectivity index (χ2n) is 6.39. The highest BCUT2D eigenvalue weighted by molar-refractivity contribution is 5.89. The summed E-state index contributed by atoms with van der Waals surface area (Å²) in [5.74, 6) is 3.18. The molecule has 1 aromatic carbocycles. The minimum absolute atomic E-state index is 0.262. The fraction of sp³-hybridized carbons (Fsp3) is 0.421. The van der Waals surface area contributed by atoms with Crippen molar-refractivity contribution in [2.75, 3.05) is 48.8 Å². The number of anilines is 3. The molecule has 0 unspecified atom stereocenters. The Kier molecular flexibility index (Phi) is 6.30. The third kappa shape index (κ3) is 5.47. The molecular weight excluding hydrogens is 344 g/mol. The van der Waals surface area contributed by atoms with Gasteiger partial charge in [0.25, 0.3) is 0 Å². The number of hydrogen-bond acceptors (Lipinski definition) is 6. The highest BCUT2D eigenvalue weighted by Gasteiger charge is 2.15. The summed E-state index contributed by atoms with van der Waals surface area (Å²) in [7, 11) is 1.59. The van der Waals surface area contributed by atoms with Crippen LogP contribution in [0.3, 0.4) is 0 Å². The van der Waals surface area contributed by atoms with E-state index in [1.165, 1.54) is 12.8 Å². The topological polar surface area (TPSA) is 91.4 Å². The zero-order valence-corrected chi connectivity index (χ0v) is 15.8. The van der Waals surface area contributed by atoms with Gasteiger partial charge in [-0.25, -0.2) is 14.8 Å². The zero-order valence-electron chi connectivity index (χ0n) is 15.8. The van der Waals surface area contributed by atoms with Gasteiger partial charge >= 0.3 is 6.03 Å². The molecule has 2 aromatic rings. The van der Waals surface area contributed by atoms with Crippen LogP contribution in [0.5, 0.6) is 5.75 Å². The number of aromatic nitrogens is 2. The first-order chi connectivity index (χ1) is 13.1. The SMILES string of the molecule is COc1cccc(NC(=O)NCCNc2cc(N3CCCC3)nc(C)n2)c1. The van der Waals surface area contributed by atoms with Crippen molar-refractivity contribution in [3.63, 3.8) is 0 Å². The van der Waals surface area contributed by atoms with Crippen LogP contribution in [-0.4, -0.2) is 49.3 Å². The van der Waals surface area contributed by atoms with Crippen molar-refractivity contribution in [3.05, 3.63) is 36.2 Å². The number of benzene rings is 1. The Morgan fingerprint density at radius 3 is 2.78 bits per heavy atom. The Bertz CT molecular complexity index is 777. The first-order valence-electron chi connectivity index (χ1n) is 9.17. The maximum atomic E-state index is 12.0. The largest absolute Gasteiger partial charge is 0.497 e. The highest BCUT2D eigenvalue weighted by atomic mass is 16.5.